The maximum Gasteiger partial charge on any atom is 0.257 e. The fourth-order valence-corrected chi connectivity index (χ4v) is 4.02. The van der Waals surface area contributed by atoms with Gasteiger partial charge >= 0.3 is 0 Å². The number of amides is 2. The number of hydrogen-bond acceptors (Lipinski definition) is 4. The van der Waals surface area contributed by atoms with Crippen molar-refractivity contribution in [3.05, 3.63) is 102 Å². The zero-order chi connectivity index (χ0) is 22.6. The maximum atomic E-state index is 13.2. The van der Waals surface area contributed by atoms with Crippen LogP contribution in [0.2, 0.25) is 0 Å². The first-order valence-electron chi connectivity index (χ1n) is 11.0. The van der Waals surface area contributed by atoms with Crippen molar-refractivity contribution < 1.29 is 14.3 Å². The highest BCUT2D eigenvalue weighted by molar-refractivity contribution is 5.97. The van der Waals surface area contributed by atoms with Gasteiger partial charge in [-0.3, -0.25) is 9.59 Å². The van der Waals surface area contributed by atoms with E-state index in [1.807, 2.05) is 77.5 Å². The van der Waals surface area contributed by atoms with Crippen LogP contribution in [0.5, 0.6) is 5.75 Å². The van der Waals surface area contributed by atoms with Crippen LogP contribution in [-0.4, -0.2) is 57.2 Å². The number of hydrogen-bond donors (Lipinski definition) is 0. The number of para-hydroxylation sites is 1. The molecule has 0 aliphatic carbocycles. The number of nitrogens with zero attached hydrogens (tertiary/aromatic N) is 4. The molecule has 0 radical (unpaired) electrons. The van der Waals surface area contributed by atoms with Crippen LogP contribution in [0.3, 0.4) is 0 Å². The molecule has 0 atom stereocenters. The molecule has 3 heterocycles. The number of ether oxygens (including phenoxy) is 1. The molecule has 7 heteroatoms. The molecule has 7 nitrogen and oxygen atoms in total. The van der Waals surface area contributed by atoms with Gasteiger partial charge in [-0.25, -0.2) is 4.98 Å². The Labute approximate surface area is 191 Å². The topological polar surface area (TPSA) is 67.2 Å². The fraction of sp³-hybridized carbons (Fsp3) is 0.192. The average Bonchev–Trinajstić information content (AvgIpc) is 3.30. The summed E-state index contributed by atoms with van der Waals surface area (Å²) in [7, 11) is 0. The molecular weight excluding hydrogens is 416 g/mol. The highest BCUT2D eigenvalue weighted by atomic mass is 16.5. The predicted molar refractivity (Wildman–Crippen MR) is 124 cm³/mol. The van der Waals surface area contributed by atoms with Gasteiger partial charge in [0.15, 0.2) is 0 Å². The number of fused-ring (bicyclic) bond motifs is 1. The van der Waals surface area contributed by atoms with Crippen LogP contribution in [0.1, 0.15) is 26.4 Å². The highest BCUT2D eigenvalue weighted by Gasteiger charge is 2.27. The second-order valence-corrected chi connectivity index (χ2v) is 7.93. The summed E-state index contributed by atoms with van der Waals surface area (Å²) in [6.07, 6.45) is 3.86. The normalized spacial score (nSPS) is 13.8. The van der Waals surface area contributed by atoms with Crippen LogP contribution in [0.15, 0.2) is 85.2 Å². The van der Waals surface area contributed by atoms with Crippen LogP contribution in [0.4, 0.5) is 0 Å². The third-order valence-corrected chi connectivity index (χ3v) is 5.78. The molecule has 4 aromatic rings. The lowest BCUT2D eigenvalue weighted by atomic mass is 10.1. The van der Waals surface area contributed by atoms with Crippen molar-refractivity contribution in [1.29, 1.82) is 0 Å². The van der Waals surface area contributed by atoms with Crippen molar-refractivity contribution in [3.8, 4) is 5.75 Å². The van der Waals surface area contributed by atoms with E-state index in [-0.39, 0.29) is 18.4 Å². The molecule has 5 rings (SSSR count). The zero-order valence-electron chi connectivity index (χ0n) is 18.1. The molecule has 2 aromatic carbocycles. The van der Waals surface area contributed by atoms with E-state index in [0.717, 1.165) is 11.3 Å². The second kappa shape index (κ2) is 9.16. The lowest BCUT2D eigenvalue weighted by molar-refractivity contribution is 0.0533. The van der Waals surface area contributed by atoms with E-state index in [4.69, 9.17) is 4.74 Å². The van der Waals surface area contributed by atoms with Crippen molar-refractivity contribution in [3.63, 3.8) is 0 Å². The lowest BCUT2D eigenvalue weighted by Gasteiger charge is -2.35. The molecule has 0 saturated carbocycles. The smallest absolute Gasteiger partial charge is 0.257 e. The summed E-state index contributed by atoms with van der Waals surface area (Å²) in [5.41, 5.74) is 2.83. The van der Waals surface area contributed by atoms with E-state index in [1.165, 1.54) is 0 Å². The zero-order valence-corrected chi connectivity index (χ0v) is 18.1. The van der Waals surface area contributed by atoms with Gasteiger partial charge in [-0.05, 0) is 36.4 Å². The molecule has 0 bridgehead atoms. The summed E-state index contributed by atoms with van der Waals surface area (Å²) in [5.74, 6) is 0.439. The van der Waals surface area contributed by atoms with Crippen molar-refractivity contribution >= 4 is 17.5 Å². The van der Waals surface area contributed by atoms with Crippen LogP contribution in [0.25, 0.3) is 5.65 Å². The van der Waals surface area contributed by atoms with Crippen molar-refractivity contribution in [2.45, 2.75) is 6.61 Å². The lowest BCUT2D eigenvalue weighted by Crippen LogP contribution is -2.50. The predicted octanol–water partition coefficient (Wildman–Crippen LogP) is 3.51. The largest absolute Gasteiger partial charge is 0.486 e. The molecule has 0 unspecified atom stereocenters. The van der Waals surface area contributed by atoms with Crippen molar-refractivity contribution in [2.24, 2.45) is 0 Å². The van der Waals surface area contributed by atoms with Crippen LogP contribution < -0.4 is 4.74 Å². The van der Waals surface area contributed by atoms with Gasteiger partial charge in [0.2, 0.25) is 0 Å². The van der Waals surface area contributed by atoms with Gasteiger partial charge in [0, 0.05) is 44.1 Å². The Kier molecular flexibility index (Phi) is 5.76. The standard InChI is InChI=1S/C26H24N4O3/c31-25(20-8-2-1-3-9-20)28-14-16-29(17-15-28)26(32)22-10-4-5-11-23(22)33-19-21-18-30-13-7-6-12-24(30)27-21/h1-13,18H,14-17,19H2. The molecule has 1 fully saturated rings. The van der Waals surface area contributed by atoms with Crippen LogP contribution in [-0.2, 0) is 6.61 Å². The first kappa shape index (κ1) is 20.8. The summed E-state index contributed by atoms with van der Waals surface area (Å²) in [6.45, 7) is 2.25. The molecular formula is C26H24N4O3. The van der Waals surface area contributed by atoms with Crippen LogP contribution in [0, 0.1) is 0 Å². The fourth-order valence-electron chi connectivity index (χ4n) is 4.02. The number of piperazine rings is 1. The minimum atomic E-state index is -0.0904. The highest BCUT2D eigenvalue weighted by Crippen LogP contribution is 2.22. The van der Waals surface area contributed by atoms with E-state index in [9.17, 15) is 9.59 Å². The van der Waals surface area contributed by atoms with Gasteiger partial charge in [-0.1, -0.05) is 36.4 Å². The molecule has 1 aliphatic heterocycles. The quantitative estimate of drug-likeness (QED) is 0.476. The minimum absolute atomic E-state index is 0.00103. The third-order valence-electron chi connectivity index (χ3n) is 5.78. The number of aromatic nitrogens is 2. The summed E-state index contributed by atoms with van der Waals surface area (Å²) < 4.78 is 7.93. The summed E-state index contributed by atoms with van der Waals surface area (Å²) in [5, 5.41) is 0. The SMILES string of the molecule is O=C(c1ccccc1)N1CCN(C(=O)c2ccccc2OCc2cn3ccccc3n2)CC1. The average molecular weight is 441 g/mol. The first-order chi connectivity index (χ1) is 16.2. The Bertz CT molecular complexity index is 1240. The molecule has 166 valence electrons. The second-order valence-electron chi connectivity index (χ2n) is 7.93. The summed E-state index contributed by atoms with van der Waals surface area (Å²) in [6, 6.07) is 22.3. The van der Waals surface area contributed by atoms with E-state index >= 15 is 0 Å². The number of rotatable bonds is 5. The Morgan fingerprint density at radius 2 is 1.45 bits per heavy atom. The first-order valence-corrected chi connectivity index (χ1v) is 11.0. The summed E-state index contributed by atoms with van der Waals surface area (Å²) >= 11 is 0. The number of imidazole rings is 1. The Hall–Kier alpha value is -4.13. The van der Waals surface area contributed by atoms with E-state index in [0.29, 0.717) is 43.1 Å². The van der Waals surface area contributed by atoms with E-state index < -0.39 is 0 Å². The third kappa shape index (κ3) is 4.43. The monoisotopic (exact) mass is 440 g/mol. The van der Waals surface area contributed by atoms with Crippen molar-refractivity contribution in [2.75, 3.05) is 26.2 Å². The number of carbonyl (C=O) groups excluding carboxylic acids is 2. The number of pyridine rings is 1. The maximum absolute atomic E-state index is 13.2. The number of benzene rings is 2. The van der Waals surface area contributed by atoms with Gasteiger partial charge in [0.05, 0.1) is 11.3 Å². The molecule has 2 amide bonds. The van der Waals surface area contributed by atoms with Gasteiger partial charge in [0.25, 0.3) is 11.8 Å². The van der Waals surface area contributed by atoms with Gasteiger partial charge in [-0.2, -0.15) is 0 Å². The van der Waals surface area contributed by atoms with Crippen molar-refractivity contribution in [1.82, 2.24) is 19.2 Å². The van der Waals surface area contributed by atoms with Gasteiger partial charge < -0.3 is 18.9 Å². The van der Waals surface area contributed by atoms with Gasteiger partial charge in [0.1, 0.15) is 18.0 Å². The Morgan fingerprint density at radius 1 is 0.788 bits per heavy atom. The minimum Gasteiger partial charge on any atom is -0.486 e. The molecule has 0 N–H and O–H groups in total. The van der Waals surface area contributed by atoms with Gasteiger partial charge in [-0.15, -0.1) is 0 Å². The molecule has 2 aromatic heterocycles. The summed E-state index contributed by atoms with van der Waals surface area (Å²) in [4.78, 5) is 34.0. The van der Waals surface area contributed by atoms with E-state index in [1.54, 1.807) is 21.9 Å². The van der Waals surface area contributed by atoms with E-state index in [2.05, 4.69) is 4.98 Å². The molecule has 1 saturated heterocycles. The Balaban J connectivity index is 1.23. The number of carbonyl (C=O) groups is 2. The molecule has 1 aliphatic rings. The molecule has 0 spiro atoms. The molecule has 33 heavy (non-hydrogen) atoms. The van der Waals surface area contributed by atoms with Crippen LogP contribution >= 0.6 is 0 Å². The Morgan fingerprint density at radius 3 is 2.21 bits per heavy atom.